The molecule has 5 N–H and O–H groups in total. The first kappa shape index (κ1) is 27.5. The summed E-state index contributed by atoms with van der Waals surface area (Å²) in [5.74, 6) is 0.497. The van der Waals surface area contributed by atoms with E-state index in [1.807, 2.05) is 0 Å². The van der Waals surface area contributed by atoms with Gasteiger partial charge < -0.3 is 26.6 Å². The Morgan fingerprint density at radius 1 is 1.10 bits per heavy atom. The number of hydrogen-bond donors (Lipinski definition) is 4. The molecule has 3 heterocycles. The van der Waals surface area contributed by atoms with E-state index in [9.17, 15) is 13.8 Å². The van der Waals surface area contributed by atoms with Crippen molar-refractivity contribution in [1.29, 1.82) is 0 Å². The molecule has 11 heteroatoms. The Morgan fingerprint density at radius 3 is 2.49 bits per heavy atom. The van der Waals surface area contributed by atoms with E-state index in [1.165, 1.54) is 12.8 Å². The molecule has 1 saturated carbocycles. The van der Waals surface area contributed by atoms with Gasteiger partial charge in [-0.15, -0.1) is 0 Å². The van der Waals surface area contributed by atoms with Crippen molar-refractivity contribution >= 4 is 39.9 Å². The molecule has 2 aliphatic heterocycles. The summed E-state index contributed by atoms with van der Waals surface area (Å²) in [6, 6.07) is 7.12. The zero-order valence-corrected chi connectivity index (χ0v) is 23.4. The highest BCUT2D eigenvalue weighted by Crippen LogP contribution is 2.45. The smallest absolute Gasteiger partial charge is 0.271 e. The second-order valence-corrected chi connectivity index (χ2v) is 12.6. The van der Waals surface area contributed by atoms with Gasteiger partial charge in [0.05, 0.1) is 6.20 Å². The molecule has 10 nitrogen and oxygen atoms in total. The summed E-state index contributed by atoms with van der Waals surface area (Å²) in [6.07, 6.45) is 11.8. The number of rotatable bonds is 7. The SMILES string of the molecule is CS(=O)c1ccc(Nc2nc(N3CCCC(NC(=O)C4CCC5(CCNCC5)CC4)C3)cnc2C(N)=O)cc1. The number of carbonyl (C=O) groups excluding carboxylic acids is 2. The first-order valence-electron chi connectivity index (χ1n) is 14.0. The summed E-state index contributed by atoms with van der Waals surface area (Å²) >= 11 is 0. The van der Waals surface area contributed by atoms with E-state index in [4.69, 9.17) is 10.7 Å². The number of carbonyl (C=O) groups is 2. The maximum absolute atomic E-state index is 13.2. The lowest BCUT2D eigenvalue weighted by atomic mass is 9.65. The van der Waals surface area contributed by atoms with E-state index < -0.39 is 16.7 Å². The summed E-state index contributed by atoms with van der Waals surface area (Å²) in [7, 11) is -1.08. The molecule has 2 saturated heterocycles. The van der Waals surface area contributed by atoms with Gasteiger partial charge in [0, 0.05) is 52.7 Å². The number of anilines is 3. The molecule has 0 bridgehead atoms. The first-order chi connectivity index (χ1) is 18.8. The maximum Gasteiger partial charge on any atom is 0.271 e. The molecule has 2 atom stereocenters. The van der Waals surface area contributed by atoms with E-state index in [0.29, 0.717) is 28.4 Å². The van der Waals surface area contributed by atoms with Gasteiger partial charge in [-0.05, 0) is 94.1 Å². The number of benzene rings is 1. The van der Waals surface area contributed by atoms with Gasteiger partial charge in [0.15, 0.2) is 11.5 Å². The van der Waals surface area contributed by atoms with Gasteiger partial charge in [0.2, 0.25) is 5.91 Å². The molecule has 1 aliphatic carbocycles. The maximum atomic E-state index is 13.2. The van der Waals surface area contributed by atoms with Gasteiger partial charge in [-0.3, -0.25) is 13.8 Å². The third kappa shape index (κ3) is 6.58. The third-order valence-corrected chi connectivity index (χ3v) is 9.55. The number of hydrogen-bond acceptors (Lipinski definition) is 8. The monoisotopic (exact) mass is 553 g/mol. The standard InChI is InChI=1S/C28H39N7O3S/c1-39(38)22-6-4-20(5-7-22)32-26-24(25(29)36)31-17-23(34-26)35-16-2-3-21(18-35)33-27(37)19-8-10-28(11-9-19)12-14-30-15-13-28/h4-7,17,19,21,30H,2-3,8-16,18H2,1H3,(H2,29,36)(H,32,34)(H,33,37). The highest BCUT2D eigenvalue weighted by atomic mass is 32.2. The van der Waals surface area contributed by atoms with Crippen molar-refractivity contribution in [1.82, 2.24) is 20.6 Å². The zero-order chi connectivity index (χ0) is 27.4. The number of amides is 2. The molecule has 1 aromatic carbocycles. The number of aromatic nitrogens is 2. The van der Waals surface area contributed by atoms with Crippen molar-refractivity contribution in [3.05, 3.63) is 36.2 Å². The molecule has 5 rings (SSSR count). The van der Waals surface area contributed by atoms with Crippen molar-refractivity contribution in [3.8, 4) is 0 Å². The summed E-state index contributed by atoms with van der Waals surface area (Å²) in [6.45, 7) is 3.62. The van der Waals surface area contributed by atoms with Crippen LogP contribution in [0.25, 0.3) is 0 Å². The van der Waals surface area contributed by atoms with Gasteiger partial charge in [-0.2, -0.15) is 0 Å². The van der Waals surface area contributed by atoms with E-state index in [0.717, 1.165) is 58.2 Å². The molecular formula is C28H39N7O3S. The molecule has 0 radical (unpaired) electrons. The van der Waals surface area contributed by atoms with Crippen LogP contribution in [0.4, 0.5) is 17.3 Å². The van der Waals surface area contributed by atoms with Crippen LogP contribution in [0.5, 0.6) is 0 Å². The first-order valence-corrected chi connectivity index (χ1v) is 15.5. The number of piperidine rings is 2. The Balaban J connectivity index is 1.22. The van der Waals surface area contributed by atoms with Gasteiger partial charge >= 0.3 is 0 Å². The largest absolute Gasteiger partial charge is 0.364 e. The highest BCUT2D eigenvalue weighted by molar-refractivity contribution is 7.84. The average molecular weight is 554 g/mol. The summed E-state index contributed by atoms with van der Waals surface area (Å²) in [5, 5.41) is 9.92. The quantitative estimate of drug-likeness (QED) is 0.410. The molecule has 1 spiro atoms. The van der Waals surface area contributed by atoms with Crippen molar-refractivity contribution < 1.29 is 13.8 Å². The second-order valence-electron chi connectivity index (χ2n) is 11.2. The Bertz CT molecular complexity index is 1210. The van der Waals surface area contributed by atoms with E-state index in [1.54, 1.807) is 36.7 Å². The van der Waals surface area contributed by atoms with Gasteiger partial charge in [-0.25, -0.2) is 9.97 Å². The molecule has 2 aromatic rings. The fourth-order valence-electron chi connectivity index (χ4n) is 6.24. The van der Waals surface area contributed by atoms with Crippen molar-refractivity contribution in [2.24, 2.45) is 17.1 Å². The van der Waals surface area contributed by atoms with E-state index in [2.05, 4.69) is 25.8 Å². The zero-order valence-electron chi connectivity index (χ0n) is 22.6. The Morgan fingerprint density at radius 2 is 1.82 bits per heavy atom. The normalized spacial score (nSPS) is 22.3. The van der Waals surface area contributed by atoms with Crippen molar-refractivity contribution in [3.63, 3.8) is 0 Å². The third-order valence-electron chi connectivity index (χ3n) is 8.62. The number of primary amides is 1. The molecule has 2 amide bonds. The lowest BCUT2D eigenvalue weighted by Crippen LogP contribution is -2.50. The van der Waals surface area contributed by atoms with Crippen molar-refractivity contribution in [2.45, 2.75) is 62.3 Å². The molecular weight excluding hydrogens is 514 g/mol. The number of nitrogens with two attached hydrogens (primary N) is 1. The van der Waals surface area contributed by atoms with Crippen LogP contribution in [0.1, 0.15) is 61.9 Å². The van der Waals surface area contributed by atoms with Crippen LogP contribution in [0.3, 0.4) is 0 Å². The Kier molecular flexibility index (Phi) is 8.46. The number of nitrogens with one attached hydrogen (secondary N) is 3. The van der Waals surface area contributed by atoms with Crippen LogP contribution >= 0.6 is 0 Å². The van der Waals surface area contributed by atoms with Gasteiger partial charge in [0.1, 0.15) is 5.82 Å². The minimum Gasteiger partial charge on any atom is -0.364 e. The van der Waals surface area contributed by atoms with E-state index in [-0.39, 0.29) is 29.4 Å². The molecule has 1 aromatic heterocycles. The van der Waals surface area contributed by atoms with Crippen LogP contribution in [-0.2, 0) is 15.6 Å². The lowest BCUT2D eigenvalue weighted by Gasteiger charge is -2.43. The fourth-order valence-corrected chi connectivity index (χ4v) is 6.76. The van der Waals surface area contributed by atoms with E-state index >= 15 is 0 Å². The molecule has 3 fully saturated rings. The summed E-state index contributed by atoms with van der Waals surface area (Å²) < 4.78 is 11.7. The minimum absolute atomic E-state index is 0.0394. The van der Waals surface area contributed by atoms with Crippen LogP contribution < -0.4 is 26.6 Å². The summed E-state index contributed by atoms with van der Waals surface area (Å²) in [4.78, 5) is 37.0. The lowest BCUT2D eigenvalue weighted by molar-refractivity contribution is -0.127. The minimum atomic E-state index is -1.08. The van der Waals surface area contributed by atoms with Crippen LogP contribution in [0.2, 0.25) is 0 Å². The van der Waals surface area contributed by atoms with Crippen LogP contribution in [0.15, 0.2) is 35.4 Å². The Labute approximate surface area is 232 Å². The predicted octanol–water partition coefficient (Wildman–Crippen LogP) is 2.70. The molecule has 2 unspecified atom stereocenters. The average Bonchev–Trinajstić information content (AvgIpc) is 2.94. The van der Waals surface area contributed by atoms with Gasteiger partial charge in [-0.1, -0.05) is 0 Å². The second kappa shape index (κ2) is 12.0. The molecule has 39 heavy (non-hydrogen) atoms. The number of nitrogens with zero attached hydrogens (tertiary/aromatic N) is 3. The molecule has 210 valence electrons. The Hall–Kier alpha value is -3.05. The molecule has 3 aliphatic rings. The predicted molar refractivity (Wildman–Crippen MR) is 152 cm³/mol. The topological polar surface area (TPSA) is 142 Å². The summed E-state index contributed by atoms with van der Waals surface area (Å²) in [5.41, 5.74) is 6.74. The fraction of sp³-hybridized carbons (Fsp3) is 0.571. The van der Waals surface area contributed by atoms with Crippen LogP contribution in [-0.4, -0.2) is 64.5 Å². The van der Waals surface area contributed by atoms with Gasteiger partial charge in [0.25, 0.3) is 5.91 Å². The highest BCUT2D eigenvalue weighted by Gasteiger charge is 2.38. The van der Waals surface area contributed by atoms with Crippen molar-refractivity contribution in [2.75, 3.05) is 42.7 Å². The van der Waals surface area contributed by atoms with Crippen LogP contribution in [0, 0.1) is 11.3 Å².